The molecule has 4 rings (SSSR count). The number of aryl methyl sites for hydroxylation is 1. The highest BCUT2D eigenvalue weighted by Crippen LogP contribution is 2.18. The maximum Gasteiger partial charge on any atom is 0.289 e. The first-order valence-corrected chi connectivity index (χ1v) is 10.9. The molecule has 1 fully saturated rings. The average Bonchev–Trinajstić information content (AvgIpc) is 3.55. The molecule has 3 heterocycles. The molecule has 1 N–H and O–H groups in total. The van der Waals surface area contributed by atoms with Crippen LogP contribution in [0.4, 0.5) is 0 Å². The lowest BCUT2D eigenvalue weighted by Crippen LogP contribution is -2.53. The molecule has 176 valence electrons. The van der Waals surface area contributed by atoms with Crippen molar-refractivity contribution >= 4 is 35.8 Å². The first-order valence-electron chi connectivity index (χ1n) is 10.9. The van der Waals surface area contributed by atoms with Crippen molar-refractivity contribution in [3.8, 4) is 11.5 Å². The van der Waals surface area contributed by atoms with Gasteiger partial charge in [-0.05, 0) is 36.2 Å². The molecule has 0 bridgehead atoms. The molecule has 1 saturated heterocycles. The molecule has 3 aromatic rings. The summed E-state index contributed by atoms with van der Waals surface area (Å²) in [7, 11) is 1.78. The van der Waals surface area contributed by atoms with Crippen LogP contribution in [-0.2, 0) is 12.8 Å². The predicted molar refractivity (Wildman–Crippen MR) is 136 cm³/mol. The molecule has 1 aliphatic heterocycles. The minimum Gasteiger partial charge on any atom is -0.459 e. The second-order valence-corrected chi connectivity index (χ2v) is 7.55. The van der Waals surface area contributed by atoms with Gasteiger partial charge in [0.25, 0.3) is 11.8 Å². The van der Waals surface area contributed by atoms with Crippen LogP contribution in [-0.4, -0.2) is 71.6 Å². The molecule has 10 heteroatoms. The third-order valence-electron chi connectivity index (χ3n) is 5.49. The Balaban J connectivity index is 0.00000306. The van der Waals surface area contributed by atoms with Gasteiger partial charge in [-0.2, -0.15) is 4.98 Å². The number of nitrogens with one attached hydrogen (secondary N) is 1. The van der Waals surface area contributed by atoms with Crippen LogP contribution in [0.3, 0.4) is 0 Å². The van der Waals surface area contributed by atoms with E-state index in [0.29, 0.717) is 30.6 Å². The van der Waals surface area contributed by atoms with Gasteiger partial charge in [-0.15, -0.1) is 24.0 Å². The molecule has 1 aliphatic rings. The number of hydrogen-bond acceptors (Lipinski definition) is 6. The highest BCUT2D eigenvalue weighted by Gasteiger charge is 2.25. The Hall–Kier alpha value is -2.89. The Labute approximate surface area is 210 Å². The number of benzene rings is 1. The number of aromatic nitrogens is 2. The molecule has 33 heavy (non-hydrogen) atoms. The van der Waals surface area contributed by atoms with E-state index < -0.39 is 0 Å². The molecule has 0 saturated carbocycles. The lowest BCUT2D eigenvalue weighted by atomic mass is 10.1. The zero-order valence-corrected chi connectivity index (χ0v) is 21.2. The maximum atomic E-state index is 12.4. The van der Waals surface area contributed by atoms with Gasteiger partial charge in [0.2, 0.25) is 0 Å². The number of rotatable bonds is 6. The lowest BCUT2D eigenvalue weighted by molar-refractivity contribution is 0.0658. The highest BCUT2D eigenvalue weighted by molar-refractivity contribution is 14.0. The van der Waals surface area contributed by atoms with Gasteiger partial charge in [0.05, 0.1) is 6.26 Å². The van der Waals surface area contributed by atoms with Crippen molar-refractivity contribution < 1.29 is 13.7 Å². The summed E-state index contributed by atoms with van der Waals surface area (Å²) < 4.78 is 10.5. The summed E-state index contributed by atoms with van der Waals surface area (Å²) in [6, 6.07) is 11.6. The first kappa shape index (κ1) is 24.7. The van der Waals surface area contributed by atoms with Gasteiger partial charge in [0, 0.05) is 51.8 Å². The van der Waals surface area contributed by atoms with Crippen molar-refractivity contribution in [2.24, 2.45) is 4.99 Å². The lowest BCUT2D eigenvalue weighted by Gasteiger charge is -2.36. The van der Waals surface area contributed by atoms with Crippen LogP contribution < -0.4 is 5.32 Å². The summed E-state index contributed by atoms with van der Waals surface area (Å²) in [5, 5.41) is 7.37. The maximum absolute atomic E-state index is 12.4. The number of nitrogens with zero attached hydrogens (tertiary/aromatic N) is 5. The molecular weight excluding hydrogens is 535 g/mol. The van der Waals surface area contributed by atoms with E-state index >= 15 is 0 Å². The molecule has 0 aliphatic carbocycles. The predicted octanol–water partition coefficient (Wildman–Crippen LogP) is 3.09. The Morgan fingerprint density at radius 2 is 1.85 bits per heavy atom. The van der Waals surface area contributed by atoms with Crippen LogP contribution in [0.2, 0.25) is 0 Å². The summed E-state index contributed by atoms with van der Waals surface area (Å²) in [6.07, 6.45) is 3.14. The average molecular weight is 564 g/mol. The van der Waals surface area contributed by atoms with E-state index in [1.54, 1.807) is 19.2 Å². The van der Waals surface area contributed by atoms with Crippen LogP contribution in [0.5, 0.6) is 0 Å². The van der Waals surface area contributed by atoms with Gasteiger partial charge in [0.15, 0.2) is 17.5 Å². The van der Waals surface area contributed by atoms with Gasteiger partial charge in [-0.25, -0.2) is 0 Å². The number of carbonyl (C=O) groups is 1. The minimum atomic E-state index is -0.0625. The van der Waals surface area contributed by atoms with Gasteiger partial charge in [-0.3, -0.25) is 9.79 Å². The molecular formula is C23H29IN6O3. The smallest absolute Gasteiger partial charge is 0.289 e. The van der Waals surface area contributed by atoms with E-state index in [0.717, 1.165) is 44.0 Å². The molecule has 1 amide bonds. The van der Waals surface area contributed by atoms with E-state index in [9.17, 15) is 4.79 Å². The van der Waals surface area contributed by atoms with Gasteiger partial charge in [-0.1, -0.05) is 24.2 Å². The van der Waals surface area contributed by atoms with Crippen LogP contribution in [0.15, 0.2) is 56.6 Å². The molecule has 0 atom stereocenters. The van der Waals surface area contributed by atoms with Crippen molar-refractivity contribution in [3.05, 3.63) is 59.8 Å². The second-order valence-electron chi connectivity index (χ2n) is 7.55. The largest absolute Gasteiger partial charge is 0.459 e. The van der Waals surface area contributed by atoms with Crippen molar-refractivity contribution in [1.29, 1.82) is 0 Å². The van der Waals surface area contributed by atoms with Gasteiger partial charge < -0.3 is 24.1 Å². The molecule has 0 radical (unpaired) electrons. The first-order chi connectivity index (χ1) is 15.7. The number of halogens is 1. The fourth-order valence-corrected chi connectivity index (χ4v) is 3.66. The van der Waals surface area contributed by atoms with Crippen LogP contribution >= 0.6 is 24.0 Å². The molecule has 1 aromatic carbocycles. The third-order valence-corrected chi connectivity index (χ3v) is 5.49. The van der Waals surface area contributed by atoms with Gasteiger partial charge in [0.1, 0.15) is 0 Å². The fourth-order valence-electron chi connectivity index (χ4n) is 3.66. The Bertz CT molecular complexity index is 1040. The van der Waals surface area contributed by atoms with E-state index in [2.05, 4.69) is 37.5 Å². The van der Waals surface area contributed by atoms with Gasteiger partial charge >= 0.3 is 0 Å². The van der Waals surface area contributed by atoms with Crippen molar-refractivity contribution in [3.63, 3.8) is 0 Å². The van der Waals surface area contributed by atoms with Crippen LogP contribution in [0, 0.1) is 0 Å². The van der Waals surface area contributed by atoms with Crippen LogP contribution in [0.25, 0.3) is 11.5 Å². The number of hydrogen-bond donors (Lipinski definition) is 1. The Kier molecular flexibility index (Phi) is 8.87. The number of furan rings is 1. The normalized spacial score (nSPS) is 14.2. The summed E-state index contributed by atoms with van der Waals surface area (Å²) in [6.45, 7) is 5.49. The van der Waals surface area contributed by atoms with Crippen molar-refractivity contribution in [2.75, 3.05) is 39.8 Å². The topological polar surface area (TPSA) is 100 Å². The Morgan fingerprint density at radius 3 is 2.45 bits per heavy atom. The number of piperazine rings is 1. The Morgan fingerprint density at radius 1 is 1.12 bits per heavy atom. The number of carbonyl (C=O) groups excluding carboxylic acids is 1. The summed E-state index contributed by atoms with van der Waals surface area (Å²) >= 11 is 0. The molecule has 0 unspecified atom stereocenters. The minimum absolute atomic E-state index is 0. The monoisotopic (exact) mass is 564 g/mol. The van der Waals surface area contributed by atoms with Crippen LogP contribution in [0.1, 0.15) is 28.9 Å². The third kappa shape index (κ3) is 6.12. The molecule has 9 nitrogen and oxygen atoms in total. The summed E-state index contributed by atoms with van der Waals surface area (Å²) in [4.78, 5) is 25.2. The summed E-state index contributed by atoms with van der Waals surface area (Å²) in [5.41, 5.74) is 2.13. The highest BCUT2D eigenvalue weighted by atomic mass is 127. The quantitative estimate of drug-likeness (QED) is 0.279. The molecule has 2 aromatic heterocycles. The van der Waals surface area contributed by atoms with Crippen molar-refractivity contribution in [1.82, 2.24) is 25.3 Å². The zero-order valence-electron chi connectivity index (χ0n) is 18.9. The zero-order chi connectivity index (χ0) is 22.3. The molecule has 0 spiro atoms. The number of amides is 1. The standard InChI is InChI=1S/C23H28N6O3.HI/c1-3-20-26-21(32-27-20)18-8-6-17(7-9-18)10-11-25-23(24-2)29-14-12-28(13-15-29)22(30)19-5-4-16-31-19;/h4-9,16H,3,10-15H2,1-2H3,(H,24,25);1H. The van der Waals surface area contributed by atoms with Crippen molar-refractivity contribution in [2.45, 2.75) is 19.8 Å². The summed E-state index contributed by atoms with van der Waals surface area (Å²) in [5.74, 6) is 2.44. The fraction of sp³-hybridized carbons (Fsp3) is 0.391. The van der Waals surface area contributed by atoms with E-state index in [-0.39, 0.29) is 29.9 Å². The van der Waals surface area contributed by atoms with E-state index in [4.69, 9.17) is 8.94 Å². The number of guanidine groups is 1. The SMILES string of the molecule is CCc1noc(-c2ccc(CCNC(=NC)N3CCN(C(=O)c4ccco4)CC3)cc2)n1.I. The number of aliphatic imine (C=N–C) groups is 1. The van der Waals surface area contributed by atoms with E-state index in [1.807, 2.05) is 24.0 Å². The second kappa shape index (κ2) is 11.8. The van der Waals surface area contributed by atoms with E-state index in [1.165, 1.54) is 11.8 Å².